The van der Waals surface area contributed by atoms with Crippen LogP contribution in [0.2, 0.25) is 0 Å². The first-order chi connectivity index (χ1) is 7.11. The second kappa shape index (κ2) is 24.9. The molecule has 14 heteroatoms. The van der Waals surface area contributed by atoms with E-state index in [0.717, 1.165) is 0 Å². The molecule has 0 aliphatic rings. The van der Waals surface area contributed by atoms with E-state index in [2.05, 4.69) is 0 Å². The Kier molecular flexibility index (Phi) is 39.9. The molecule has 0 saturated carbocycles. The van der Waals surface area contributed by atoms with Gasteiger partial charge in [0.1, 0.15) is 0 Å². The molecule has 12 N–H and O–H groups in total. The maximum atomic E-state index is 7.75. The molecule has 0 aliphatic heterocycles. The Hall–Kier alpha value is 0.850. The zero-order valence-electron chi connectivity index (χ0n) is 7.81. The van der Waals surface area contributed by atoms with Crippen molar-refractivity contribution in [2.45, 2.75) is 0 Å². The molecule has 0 amide bonds. The van der Waals surface area contributed by atoms with Gasteiger partial charge in [-0.25, -0.2) is 0 Å². The summed E-state index contributed by atoms with van der Waals surface area (Å²) >= 11 is 0. The number of hydrogen-bond donors (Lipinski definition) is 11. The summed E-state index contributed by atoms with van der Waals surface area (Å²) in [6.45, 7) is 0.472. The highest BCUT2D eigenvalue weighted by atomic mass is 31.2. The van der Waals surface area contributed by atoms with Crippen molar-refractivity contribution < 1.29 is 49.1 Å². The lowest BCUT2D eigenvalue weighted by Gasteiger charge is -1.76. The molecule has 16 heavy (non-hydrogen) atoms. The molecule has 0 heterocycles. The molecular formula is C2H16NO10P3. The summed E-state index contributed by atoms with van der Waals surface area (Å²) in [5.74, 6) is 0. The smallest absolute Gasteiger partial charge is 0.324 e. The van der Waals surface area contributed by atoms with Gasteiger partial charge >= 0.3 is 25.8 Å². The fraction of sp³-hybridized carbons (Fsp3) is 1.00. The predicted octanol–water partition coefficient (Wildman–Crippen LogP) is -3.49. The topological polar surface area (TPSA) is 228 Å². The third kappa shape index (κ3) is 832. The van der Waals surface area contributed by atoms with E-state index in [-0.39, 0.29) is 6.61 Å². The van der Waals surface area contributed by atoms with Gasteiger partial charge in [0.05, 0.1) is 6.61 Å². The predicted molar refractivity (Wildman–Crippen MR) is 56.9 cm³/mol. The number of aliphatic hydroxyl groups excluding tert-OH is 1. The van der Waals surface area contributed by atoms with Crippen LogP contribution in [0.3, 0.4) is 0 Å². The van der Waals surface area contributed by atoms with Crippen LogP contribution in [0.4, 0.5) is 0 Å². The van der Waals surface area contributed by atoms with Crippen LogP contribution in [0.25, 0.3) is 0 Å². The molecule has 0 fully saturated rings. The number of hydrogen-bond acceptors (Lipinski definition) is 11. The molecular weight excluding hydrogens is 291 g/mol. The van der Waals surface area contributed by atoms with Crippen LogP contribution in [0.15, 0.2) is 0 Å². The first-order valence-corrected chi connectivity index (χ1v) is 6.62. The van der Waals surface area contributed by atoms with E-state index in [0.29, 0.717) is 6.54 Å². The number of nitrogens with two attached hydrogens (primary N) is 1. The van der Waals surface area contributed by atoms with Crippen LogP contribution in [0.1, 0.15) is 0 Å². The zero-order valence-corrected chi connectivity index (χ0v) is 10.5. The van der Waals surface area contributed by atoms with Gasteiger partial charge in [-0.1, -0.05) is 0 Å². The van der Waals surface area contributed by atoms with Crippen molar-refractivity contribution in [1.82, 2.24) is 0 Å². The average molecular weight is 307 g/mol. The summed E-state index contributed by atoms with van der Waals surface area (Å²) in [5.41, 5.74) is 4.78. The zero-order chi connectivity index (χ0) is 14.1. The highest BCUT2D eigenvalue weighted by Gasteiger charge is 1.77. The molecule has 0 rings (SSSR count). The van der Waals surface area contributed by atoms with Crippen molar-refractivity contribution in [1.29, 1.82) is 0 Å². The SMILES string of the molecule is NCCO.OP(O)O.OP(O)O.OP(O)O. The second-order valence-corrected chi connectivity index (χ2v) is 2.93. The van der Waals surface area contributed by atoms with E-state index in [1.807, 2.05) is 0 Å². The van der Waals surface area contributed by atoms with Gasteiger partial charge in [-0.05, 0) is 0 Å². The molecule has 0 atom stereocenters. The third-order valence-electron chi connectivity index (χ3n) is 0.129. The molecule has 0 aromatic carbocycles. The van der Waals surface area contributed by atoms with Gasteiger partial charge in [0, 0.05) is 6.54 Å². The first kappa shape index (κ1) is 25.6. The number of rotatable bonds is 1. The standard InChI is InChI=1S/C2H7NO.3H3O3P/c3-1-2-4;3*1-4(2)3/h4H,1-3H2;3*1-3H. The largest absolute Gasteiger partial charge is 0.395 e. The molecule has 0 aromatic rings. The summed E-state index contributed by atoms with van der Waals surface area (Å²) in [5, 5.41) is 7.75. The van der Waals surface area contributed by atoms with Crippen molar-refractivity contribution in [2.75, 3.05) is 13.2 Å². The highest BCUT2D eigenvalue weighted by molar-refractivity contribution is 7.38. The van der Waals surface area contributed by atoms with Crippen molar-refractivity contribution in [3.8, 4) is 0 Å². The van der Waals surface area contributed by atoms with E-state index < -0.39 is 25.8 Å². The molecule has 0 radical (unpaired) electrons. The van der Waals surface area contributed by atoms with E-state index >= 15 is 0 Å². The van der Waals surface area contributed by atoms with Crippen LogP contribution in [0, 0.1) is 0 Å². The van der Waals surface area contributed by atoms with Crippen molar-refractivity contribution in [2.24, 2.45) is 5.73 Å². The maximum absolute atomic E-state index is 7.75. The summed E-state index contributed by atoms with van der Waals surface area (Å²) < 4.78 is 0. The summed E-state index contributed by atoms with van der Waals surface area (Å²) in [6, 6.07) is 0. The summed E-state index contributed by atoms with van der Waals surface area (Å²) in [6.07, 6.45) is 0. The molecule has 0 unspecified atom stereocenters. The van der Waals surface area contributed by atoms with Gasteiger partial charge in [-0.3, -0.25) is 0 Å². The van der Waals surface area contributed by atoms with Gasteiger partial charge < -0.3 is 54.9 Å². The Morgan fingerprint density at radius 2 is 0.688 bits per heavy atom. The lowest BCUT2D eigenvalue weighted by atomic mass is 10.8. The summed E-state index contributed by atoms with van der Waals surface area (Å²) in [4.78, 5) is 65.1. The van der Waals surface area contributed by atoms with Crippen LogP contribution >= 0.6 is 25.8 Å². The van der Waals surface area contributed by atoms with Crippen LogP contribution in [0.5, 0.6) is 0 Å². The Morgan fingerprint density at radius 1 is 0.625 bits per heavy atom. The Labute approximate surface area is 94.7 Å². The van der Waals surface area contributed by atoms with Gasteiger partial charge in [0.25, 0.3) is 0 Å². The molecule has 0 aliphatic carbocycles. The van der Waals surface area contributed by atoms with Crippen LogP contribution in [-0.2, 0) is 0 Å². The van der Waals surface area contributed by atoms with Gasteiger partial charge in [0.15, 0.2) is 0 Å². The quantitative estimate of drug-likeness (QED) is 0.213. The Morgan fingerprint density at radius 3 is 0.688 bits per heavy atom. The molecule has 11 nitrogen and oxygen atoms in total. The maximum Gasteiger partial charge on any atom is 0.324 e. The number of aliphatic hydroxyl groups is 1. The third-order valence-corrected chi connectivity index (χ3v) is 0.129. The van der Waals surface area contributed by atoms with E-state index in [1.165, 1.54) is 0 Å². The molecule has 0 aromatic heterocycles. The van der Waals surface area contributed by atoms with Gasteiger partial charge in [-0.2, -0.15) is 0 Å². The van der Waals surface area contributed by atoms with Crippen LogP contribution < -0.4 is 5.73 Å². The molecule has 104 valence electrons. The first-order valence-electron chi connectivity index (χ1n) is 3.02. The van der Waals surface area contributed by atoms with E-state index in [1.54, 1.807) is 0 Å². The average Bonchev–Trinajstić information content (AvgIpc) is 2.00. The fourth-order valence-corrected chi connectivity index (χ4v) is 0. The highest BCUT2D eigenvalue weighted by Crippen LogP contribution is 2.12. The second-order valence-electron chi connectivity index (χ2n) is 1.32. The Bertz CT molecular complexity index is 69.6. The lowest BCUT2D eigenvalue weighted by Crippen LogP contribution is -2.02. The van der Waals surface area contributed by atoms with E-state index in [9.17, 15) is 0 Å². The van der Waals surface area contributed by atoms with Crippen molar-refractivity contribution in [3.05, 3.63) is 0 Å². The molecule has 0 saturated heterocycles. The van der Waals surface area contributed by atoms with Gasteiger partial charge in [-0.15, -0.1) is 0 Å². The van der Waals surface area contributed by atoms with Crippen molar-refractivity contribution >= 4 is 25.8 Å². The fourth-order valence-electron chi connectivity index (χ4n) is 0. The molecule has 0 spiro atoms. The van der Waals surface area contributed by atoms with E-state index in [4.69, 9.17) is 54.9 Å². The minimum Gasteiger partial charge on any atom is -0.395 e. The van der Waals surface area contributed by atoms with Gasteiger partial charge in [0.2, 0.25) is 0 Å². The summed E-state index contributed by atoms with van der Waals surface area (Å²) in [7, 11) is -7.86. The van der Waals surface area contributed by atoms with Crippen molar-refractivity contribution in [3.63, 3.8) is 0 Å². The normalized spacial score (nSPS) is 8.62. The minimum absolute atomic E-state index is 0.0972. The minimum atomic E-state index is -2.62. The Balaban J connectivity index is -0.0000000600. The van der Waals surface area contributed by atoms with Crippen LogP contribution in [-0.4, -0.2) is 62.3 Å². The molecule has 0 bridgehead atoms. The lowest BCUT2D eigenvalue weighted by molar-refractivity contribution is 0.306. The monoisotopic (exact) mass is 307 g/mol.